The van der Waals surface area contributed by atoms with Gasteiger partial charge in [0.15, 0.2) is 0 Å². The third-order valence-electron chi connectivity index (χ3n) is 3.87. The van der Waals surface area contributed by atoms with E-state index in [4.69, 9.17) is 0 Å². The highest BCUT2D eigenvalue weighted by Gasteiger charge is 2.15. The average Bonchev–Trinajstić information content (AvgIpc) is 2.93. The topological polar surface area (TPSA) is 29.9 Å². The lowest BCUT2D eigenvalue weighted by Crippen LogP contribution is -2.22. The normalized spacial score (nSPS) is 17.3. The summed E-state index contributed by atoms with van der Waals surface area (Å²) >= 11 is 0. The van der Waals surface area contributed by atoms with Crippen molar-refractivity contribution in [2.24, 2.45) is 0 Å². The molecule has 1 aromatic rings. The predicted molar refractivity (Wildman–Crippen MR) is 80.1 cm³/mol. The van der Waals surface area contributed by atoms with E-state index in [1.54, 1.807) is 5.57 Å². The standard InChI is InChI=1S/C16H27N3/c1-3-10-17-16(11-14-8-6-5-7-9-14)15-12-18-19(4-2)13-15/h8,12-13,16-17H,3-7,9-11H2,1-2H3. The van der Waals surface area contributed by atoms with Gasteiger partial charge in [-0.15, -0.1) is 0 Å². The van der Waals surface area contributed by atoms with Crippen molar-refractivity contribution in [1.82, 2.24) is 15.1 Å². The fourth-order valence-electron chi connectivity index (χ4n) is 2.71. The first-order valence-electron chi connectivity index (χ1n) is 7.77. The van der Waals surface area contributed by atoms with Crippen molar-refractivity contribution in [3.8, 4) is 0 Å². The fourth-order valence-corrected chi connectivity index (χ4v) is 2.71. The van der Waals surface area contributed by atoms with Crippen molar-refractivity contribution in [2.45, 2.75) is 65.0 Å². The average molecular weight is 261 g/mol. The van der Waals surface area contributed by atoms with Crippen LogP contribution in [-0.2, 0) is 6.54 Å². The van der Waals surface area contributed by atoms with Gasteiger partial charge in [-0.05, 0) is 52.0 Å². The maximum atomic E-state index is 4.41. The van der Waals surface area contributed by atoms with E-state index in [0.29, 0.717) is 6.04 Å². The van der Waals surface area contributed by atoms with Gasteiger partial charge in [-0.2, -0.15) is 5.10 Å². The van der Waals surface area contributed by atoms with E-state index in [2.05, 4.69) is 36.5 Å². The van der Waals surface area contributed by atoms with Gasteiger partial charge in [0.1, 0.15) is 0 Å². The monoisotopic (exact) mass is 261 g/mol. The molecular formula is C16H27N3. The van der Waals surface area contributed by atoms with Gasteiger partial charge >= 0.3 is 0 Å². The highest BCUT2D eigenvalue weighted by atomic mass is 15.3. The van der Waals surface area contributed by atoms with Crippen LogP contribution >= 0.6 is 0 Å². The Morgan fingerprint density at radius 2 is 2.26 bits per heavy atom. The van der Waals surface area contributed by atoms with Crippen molar-refractivity contribution >= 4 is 0 Å². The number of aromatic nitrogens is 2. The van der Waals surface area contributed by atoms with E-state index < -0.39 is 0 Å². The van der Waals surface area contributed by atoms with E-state index >= 15 is 0 Å². The summed E-state index contributed by atoms with van der Waals surface area (Å²) < 4.78 is 2.02. The van der Waals surface area contributed by atoms with Crippen LogP contribution in [0.2, 0.25) is 0 Å². The van der Waals surface area contributed by atoms with Crippen LogP contribution in [0, 0.1) is 0 Å². The summed E-state index contributed by atoms with van der Waals surface area (Å²) in [5.41, 5.74) is 2.96. The molecule has 1 aliphatic carbocycles. The first-order chi connectivity index (χ1) is 9.33. The van der Waals surface area contributed by atoms with Crippen LogP contribution < -0.4 is 5.32 Å². The zero-order valence-electron chi connectivity index (χ0n) is 12.4. The van der Waals surface area contributed by atoms with Crippen LogP contribution in [0.1, 0.15) is 64.0 Å². The Balaban J connectivity index is 2.03. The van der Waals surface area contributed by atoms with E-state index in [1.165, 1.54) is 37.7 Å². The molecule has 19 heavy (non-hydrogen) atoms. The lowest BCUT2D eigenvalue weighted by molar-refractivity contribution is 0.511. The highest BCUT2D eigenvalue weighted by Crippen LogP contribution is 2.27. The number of rotatable bonds is 7. The molecule has 0 fully saturated rings. The van der Waals surface area contributed by atoms with Gasteiger partial charge in [-0.3, -0.25) is 4.68 Å². The summed E-state index contributed by atoms with van der Waals surface area (Å²) in [6.07, 6.45) is 14.3. The van der Waals surface area contributed by atoms with Crippen molar-refractivity contribution in [3.63, 3.8) is 0 Å². The largest absolute Gasteiger partial charge is 0.310 e. The summed E-state index contributed by atoms with van der Waals surface area (Å²) in [5, 5.41) is 8.09. The van der Waals surface area contributed by atoms with Gasteiger partial charge in [-0.1, -0.05) is 18.6 Å². The Kier molecular flexibility index (Phi) is 5.64. The molecule has 1 unspecified atom stereocenters. The number of nitrogens with zero attached hydrogens (tertiary/aromatic N) is 2. The van der Waals surface area contributed by atoms with E-state index in [0.717, 1.165) is 19.5 Å². The molecule has 0 aliphatic heterocycles. The summed E-state index contributed by atoms with van der Waals surface area (Å²) in [7, 11) is 0. The maximum Gasteiger partial charge on any atom is 0.0537 e. The van der Waals surface area contributed by atoms with Gasteiger partial charge in [0.05, 0.1) is 6.20 Å². The van der Waals surface area contributed by atoms with Gasteiger partial charge in [-0.25, -0.2) is 0 Å². The van der Waals surface area contributed by atoms with Crippen LogP contribution in [0.3, 0.4) is 0 Å². The molecule has 0 amide bonds. The zero-order valence-corrected chi connectivity index (χ0v) is 12.4. The summed E-state index contributed by atoms with van der Waals surface area (Å²) in [5.74, 6) is 0. The summed E-state index contributed by atoms with van der Waals surface area (Å²) in [4.78, 5) is 0. The van der Waals surface area contributed by atoms with Crippen LogP contribution in [0.4, 0.5) is 0 Å². The molecule has 2 rings (SSSR count). The van der Waals surface area contributed by atoms with Gasteiger partial charge in [0.25, 0.3) is 0 Å². The number of aryl methyl sites for hydroxylation is 1. The third-order valence-corrected chi connectivity index (χ3v) is 3.87. The summed E-state index contributed by atoms with van der Waals surface area (Å²) in [6, 6.07) is 0.435. The van der Waals surface area contributed by atoms with Crippen LogP contribution in [0.5, 0.6) is 0 Å². The molecule has 1 aromatic heterocycles. The Morgan fingerprint density at radius 1 is 1.37 bits per heavy atom. The minimum atomic E-state index is 0.435. The zero-order chi connectivity index (χ0) is 13.5. The molecule has 1 aliphatic rings. The molecule has 1 N–H and O–H groups in total. The van der Waals surface area contributed by atoms with Crippen molar-refractivity contribution in [3.05, 3.63) is 29.6 Å². The van der Waals surface area contributed by atoms with E-state index in [1.807, 2.05) is 10.9 Å². The minimum absolute atomic E-state index is 0.435. The quantitative estimate of drug-likeness (QED) is 0.756. The minimum Gasteiger partial charge on any atom is -0.310 e. The number of allylic oxidation sites excluding steroid dienone is 1. The second kappa shape index (κ2) is 7.49. The first kappa shape index (κ1) is 14.3. The Bertz CT molecular complexity index is 406. The van der Waals surface area contributed by atoms with Gasteiger partial charge in [0, 0.05) is 24.3 Å². The Labute approximate surface area is 117 Å². The molecule has 0 saturated heterocycles. The van der Waals surface area contributed by atoms with Crippen molar-refractivity contribution in [2.75, 3.05) is 6.54 Å². The molecule has 3 heteroatoms. The molecule has 0 bridgehead atoms. The molecule has 3 nitrogen and oxygen atoms in total. The van der Waals surface area contributed by atoms with Gasteiger partial charge < -0.3 is 5.32 Å². The molecule has 106 valence electrons. The number of hydrogen-bond acceptors (Lipinski definition) is 2. The van der Waals surface area contributed by atoms with Gasteiger partial charge in [0.2, 0.25) is 0 Å². The number of hydrogen-bond donors (Lipinski definition) is 1. The van der Waals surface area contributed by atoms with E-state index in [9.17, 15) is 0 Å². The molecule has 0 aromatic carbocycles. The van der Waals surface area contributed by atoms with Crippen LogP contribution in [0.15, 0.2) is 24.0 Å². The molecule has 0 saturated carbocycles. The second-order valence-corrected chi connectivity index (χ2v) is 5.45. The molecular weight excluding hydrogens is 234 g/mol. The lowest BCUT2D eigenvalue weighted by atomic mass is 9.92. The van der Waals surface area contributed by atoms with Crippen LogP contribution in [-0.4, -0.2) is 16.3 Å². The van der Waals surface area contributed by atoms with Crippen molar-refractivity contribution in [1.29, 1.82) is 0 Å². The molecule has 1 heterocycles. The number of nitrogens with one attached hydrogen (secondary N) is 1. The summed E-state index contributed by atoms with van der Waals surface area (Å²) in [6.45, 7) is 6.38. The molecule has 0 spiro atoms. The van der Waals surface area contributed by atoms with Crippen LogP contribution in [0.25, 0.3) is 0 Å². The molecule has 0 radical (unpaired) electrons. The second-order valence-electron chi connectivity index (χ2n) is 5.45. The maximum absolute atomic E-state index is 4.41. The smallest absolute Gasteiger partial charge is 0.0537 e. The fraction of sp³-hybridized carbons (Fsp3) is 0.688. The Hall–Kier alpha value is -1.09. The molecule has 1 atom stereocenters. The Morgan fingerprint density at radius 3 is 2.89 bits per heavy atom. The SMILES string of the molecule is CCCNC(CC1=CCCCC1)c1cnn(CC)c1. The predicted octanol–water partition coefficient (Wildman–Crippen LogP) is 3.83. The first-order valence-corrected chi connectivity index (χ1v) is 7.77. The van der Waals surface area contributed by atoms with E-state index in [-0.39, 0.29) is 0 Å². The highest BCUT2D eigenvalue weighted by molar-refractivity contribution is 5.16. The lowest BCUT2D eigenvalue weighted by Gasteiger charge is -2.21. The third kappa shape index (κ3) is 4.20. The van der Waals surface area contributed by atoms with Crippen molar-refractivity contribution < 1.29 is 0 Å².